The van der Waals surface area contributed by atoms with E-state index in [0.717, 1.165) is 25.8 Å². The van der Waals surface area contributed by atoms with Gasteiger partial charge in [-0.2, -0.15) is 0 Å². The van der Waals surface area contributed by atoms with Gasteiger partial charge in [0.25, 0.3) is 0 Å². The van der Waals surface area contributed by atoms with Gasteiger partial charge in [-0.3, -0.25) is 0 Å². The van der Waals surface area contributed by atoms with Gasteiger partial charge >= 0.3 is 0 Å². The third kappa shape index (κ3) is 6.05. The Morgan fingerprint density at radius 1 is 0.923 bits per heavy atom. The SMILES string of the molecule is CCC(N)(CC)CCCCCCN. The zero-order chi connectivity index (χ0) is 10.2. The fraction of sp³-hybridized carbons (Fsp3) is 1.00. The molecule has 80 valence electrons. The molecule has 0 amide bonds. The Morgan fingerprint density at radius 3 is 1.92 bits per heavy atom. The molecule has 4 N–H and O–H groups in total. The van der Waals surface area contributed by atoms with Gasteiger partial charge in [0.05, 0.1) is 0 Å². The molecule has 0 saturated carbocycles. The molecule has 0 atom stereocenters. The highest BCUT2D eigenvalue weighted by atomic mass is 14.7. The second-order valence-corrected chi connectivity index (χ2v) is 4.02. The summed E-state index contributed by atoms with van der Waals surface area (Å²) in [6.07, 6.45) is 8.34. The molecule has 0 aliphatic carbocycles. The van der Waals surface area contributed by atoms with Crippen molar-refractivity contribution >= 4 is 0 Å². The lowest BCUT2D eigenvalue weighted by Crippen LogP contribution is -2.38. The first-order valence-electron chi connectivity index (χ1n) is 5.67. The van der Waals surface area contributed by atoms with Crippen LogP contribution in [0.5, 0.6) is 0 Å². The summed E-state index contributed by atoms with van der Waals surface area (Å²) in [4.78, 5) is 0. The molecule has 0 heterocycles. The Balaban J connectivity index is 3.39. The molecule has 2 nitrogen and oxygen atoms in total. The monoisotopic (exact) mass is 186 g/mol. The van der Waals surface area contributed by atoms with Crippen LogP contribution in [0, 0.1) is 0 Å². The van der Waals surface area contributed by atoms with Crippen LogP contribution in [-0.2, 0) is 0 Å². The Hall–Kier alpha value is -0.0800. The number of nitrogens with two attached hydrogens (primary N) is 2. The van der Waals surface area contributed by atoms with E-state index in [1.54, 1.807) is 0 Å². The van der Waals surface area contributed by atoms with Crippen molar-refractivity contribution in [1.82, 2.24) is 0 Å². The van der Waals surface area contributed by atoms with Crippen molar-refractivity contribution in [2.45, 2.75) is 64.3 Å². The van der Waals surface area contributed by atoms with Gasteiger partial charge in [0.15, 0.2) is 0 Å². The minimum atomic E-state index is 0.0999. The highest BCUT2D eigenvalue weighted by Gasteiger charge is 2.18. The maximum absolute atomic E-state index is 6.19. The van der Waals surface area contributed by atoms with Crippen LogP contribution in [0.3, 0.4) is 0 Å². The van der Waals surface area contributed by atoms with Crippen molar-refractivity contribution in [3.63, 3.8) is 0 Å². The van der Waals surface area contributed by atoms with E-state index >= 15 is 0 Å². The smallest absolute Gasteiger partial charge is 0.0149 e. The fourth-order valence-electron chi connectivity index (χ4n) is 1.58. The molecule has 13 heavy (non-hydrogen) atoms. The molecule has 0 radical (unpaired) electrons. The van der Waals surface area contributed by atoms with Crippen molar-refractivity contribution in [3.8, 4) is 0 Å². The first-order chi connectivity index (χ1) is 6.18. The van der Waals surface area contributed by atoms with Crippen molar-refractivity contribution in [1.29, 1.82) is 0 Å². The lowest BCUT2D eigenvalue weighted by molar-refractivity contribution is 0.351. The van der Waals surface area contributed by atoms with Crippen LogP contribution in [0.1, 0.15) is 58.8 Å². The van der Waals surface area contributed by atoms with Crippen LogP contribution in [0.4, 0.5) is 0 Å². The van der Waals surface area contributed by atoms with Crippen molar-refractivity contribution < 1.29 is 0 Å². The summed E-state index contributed by atoms with van der Waals surface area (Å²) >= 11 is 0. The summed E-state index contributed by atoms with van der Waals surface area (Å²) in [6, 6.07) is 0. The predicted octanol–water partition coefficient (Wildman–Crippen LogP) is 2.41. The molecule has 0 aromatic carbocycles. The molecule has 0 aromatic heterocycles. The van der Waals surface area contributed by atoms with Crippen molar-refractivity contribution in [2.24, 2.45) is 11.5 Å². The maximum atomic E-state index is 6.19. The third-order valence-electron chi connectivity index (χ3n) is 3.04. The molecular weight excluding hydrogens is 160 g/mol. The van der Waals surface area contributed by atoms with Gasteiger partial charge in [-0.15, -0.1) is 0 Å². The first kappa shape index (κ1) is 12.9. The van der Waals surface area contributed by atoms with Gasteiger partial charge < -0.3 is 11.5 Å². The number of hydrogen-bond acceptors (Lipinski definition) is 2. The molecule has 0 unspecified atom stereocenters. The average Bonchev–Trinajstić information content (AvgIpc) is 2.17. The predicted molar refractivity (Wildman–Crippen MR) is 59.6 cm³/mol. The average molecular weight is 186 g/mol. The van der Waals surface area contributed by atoms with Crippen molar-refractivity contribution in [2.75, 3.05) is 6.54 Å². The van der Waals surface area contributed by atoms with E-state index < -0.39 is 0 Å². The zero-order valence-electron chi connectivity index (χ0n) is 9.31. The lowest BCUT2D eigenvalue weighted by Gasteiger charge is -2.26. The number of unbranched alkanes of at least 4 members (excludes halogenated alkanes) is 3. The standard InChI is InChI=1S/C11H26N2/c1-3-11(13,4-2)9-7-5-6-8-10-12/h3-10,12-13H2,1-2H3. The Bertz CT molecular complexity index is 109. The second kappa shape index (κ2) is 7.34. The van der Waals surface area contributed by atoms with Crippen molar-refractivity contribution in [3.05, 3.63) is 0 Å². The number of rotatable bonds is 8. The summed E-state index contributed by atoms with van der Waals surface area (Å²) < 4.78 is 0. The maximum Gasteiger partial charge on any atom is 0.0149 e. The van der Waals surface area contributed by atoms with E-state index in [0.29, 0.717) is 0 Å². The molecular formula is C11H26N2. The van der Waals surface area contributed by atoms with Gasteiger partial charge in [0.1, 0.15) is 0 Å². The van der Waals surface area contributed by atoms with E-state index in [1.165, 1.54) is 25.7 Å². The van der Waals surface area contributed by atoms with Gasteiger partial charge in [0, 0.05) is 5.54 Å². The summed E-state index contributed by atoms with van der Waals surface area (Å²) in [5, 5.41) is 0. The normalized spacial score (nSPS) is 12.0. The molecule has 0 saturated heterocycles. The largest absolute Gasteiger partial charge is 0.330 e. The van der Waals surface area contributed by atoms with Crippen LogP contribution in [0.25, 0.3) is 0 Å². The van der Waals surface area contributed by atoms with E-state index in [9.17, 15) is 0 Å². The fourth-order valence-corrected chi connectivity index (χ4v) is 1.58. The third-order valence-corrected chi connectivity index (χ3v) is 3.04. The van der Waals surface area contributed by atoms with E-state index in [1.807, 2.05) is 0 Å². The van der Waals surface area contributed by atoms with Crippen LogP contribution >= 0.6 is 0 Å². The van der Waals surface area contributed by atoms with E-state index in [2.05, 4.69) is 13.8 Å². The molecule has 0 aromatic rings. The molecule has 0 aliphatic heterocycles. The van der Waals surface area contributed by atoms with Crippen LogP contribution < -0.4 is 11.5 Å². The highest BCUT2D eigenvalue weighted by Crippen LogP contribution is 2.19. The van der Waals surface area contributed by atoms with Crippen LogP contribution in [-0.4, -0.2) is 12.1 Å². The Labute approximate surface area is 83.1 Å². The highest BCUT2D eigenvalue weighted by molar-refractivity contribution is 4.80. The summed E-state index contributed by atoms with van der Waals surface area (Å²) in [6.45, 7) is 5.20. The van der Waals surface area contributed by atoms with E-state index in [4.69, 9.17) is 11.5 Å². The topological polar surface area (TPSA) is 52.0 Å². The van der Waals surface area contributed by atoms with Gasteiger partial charge in [-0.05, 0) is 32.2 Å². The molecule has 2 heteroatoms. The minimum Gasteiger partial charge on any atom is -0.330 e. The zero-order valence-corrected chi connectivity index (χ0v) is 9.31. The van der Waals surface area contributed by atoms with Gasteiger partial charge in [-0.1, -0.05) is 33.1 Å². The summed E-state index contributed by atoms with van der Waals surface area (Å²) in [5.74, 6) is 0. The summed E-state index contributed by atoms with van der Waals surface area (Å²) in [7, 11) is 0. The molecule has 0 aliphatic rings. The van der Waals surface area contributed by atoms with Gasteiger partial charge in [0.2, 0.25) is 0 Å². The molecule has 0 bridgehead atoms. The molecule has 0 fully saturated rings. The molecule has 0 spiro atoms. The Morgan fingerprint density at radius 2 is 1.46 bits per heavy atom. The van der Waals surface area contributed by atoms with Crippen LogP contribution in [0.15, 0.2) is 0 Å². The van der Waals surface area contributed by atoms with Gasteiger partial charge in [-0.25, -0.2) is 0 Å². The lowest BCUT2D eigenvalue weighted by atomic mass is 9.88. The van der Waals surface area contributed by atoms with E-state index in [-0.39, 0.29) is 5.54 Å². The Kier molecular flexibility index (Phi) is 7.29. The first-order valence-corrected chi connectivity index (χ1v) is 5.67. The summed E-state index contributed by atoms with van der Waals surface area (Å²) in [5.41, 5.74) is 11.7. The van der Waals surface area contributed by atoms with Crippen LogP contribution in [0.2, 0.25) is 0 Å². The quantitative estimate of drug-likeness (QED) is 0.572. The number of hydrogen-bond donors (Lipinski definition) is 2. The molecule has 0 rings (SSSR count). The second-order valence-electron chi connectivity index (χ2n) is 4.02. The minimum absolute atomic E-state index is 0.0999.